The summed E-state index contributed by atoms with van der Waals surface area (Å²) in [5.74, 6) is 0.585. The van der Waals surface area contributed by atoms with Gasteiger partial charge in [0.2, 0.25) is 0 Å². The minimum Gasteiger partial charge on any atom is -0.387 e. The van der Waals surface area contributed by atoms with Crippen LogP contribution in [0.4, 0.5) is 4.79 Å². The molecule has 0 saturated heterocycles. The number of amides is 2. The van der Waals surface area contributed by atoms with E-state index in [9.17, 15) is 9.90 Å². The number of hydrogen-bond donors (Lipinski definition) is 4. The lowest BCUT2D eigenvalue weighted by Gasteiger charge is -2.22. The van der Waals surface area contributed by atoms with E-state index in [1.54, 1.807) is 18.7 Å². The monoisotopic (exact) mass is 335 g/mol. The van der Waals surface area contributed by atoms with E-state index in [0.29, 0.717) is 12.3 Å². The summed E-state index contributed by atoms with van der Waals surface area (Å²) in [7, 11) is 0. The van der Waals surface area contributed by atoms with E-state index in [1.165, 1.54) is 16.5 Å². The fourth-order valence-corrected chi connectivity index (χ4v) is 3.24. The molecule has 1 aromatic carbocycles. The predicted octanol–water partition coefficient (Wildman–Crippen LogP) is 2.43. The fraction of sp³-hybridized carbons (Fsp3) is 0.471. The highest BCUT2D eigenvalue weighted by Gasteiger charge is 2.20. The molecule has 2 aromatic rings. The van der Waals surface area contributed by atoms with Crippen LogP contribution in [0.25, 0.3) is 10.9 Å². The summed E-state index contributed by atoms with van der Waals surface area (Å²) in [5, 5.41) is 16.7. The van der Waals surface area contributed by atoms with Crippen LogP contribution < -0.4 is 10.6 Å². The number of fused-ring (bicyclic) bond motifs is 1. The van der Waals surface area contributed by atoms with E-state index in [1.807, 2.05) is 12.5 Å². The van der Waals surface area contributed by atoms with Crippen molar-refractivity contribution in [2.45, 2.75) is 25.9 Å². The molecule has 1 unspecified atom stereocenters. The third-order valence-electron chi connectivity index (χ3n) is 3.69. The Bertz CT molecular complexity index is 667. The number of nitrogens with one attached hydrogen (secondary N) is 3. The van der Waals surface area contributed by atoms with Crippen LogP contribution >= 0.6 is 11.8 Å². The molecular formula is C17H25N3O2S. The summed E-state index contributed by atoms with van der Waals surface area (Å²) in [6.45, 7) is 4.58. The Morgan fingerprint density at radius 2 is 2.17 bits per heavy atom. The summed E-state index contributed by atoms with van der Waals surface area (Å²) in [6.07, 6.45) is 4.68. The molecule has 1 atom stereocenters. The molecule has 126 valence electrons. The molecular weight excluding hydrogens is 310 g/mol. The van der Waals surface area contributed by atoms with Crippen LogP contribution in [0.2, 0.25) is 0 Å². The van der Waals surface area contributed by atoms with Crippen molar-refractivity contribution in [2.75, 3.05) is 25.1 Å². The number of hydrogen-bond acceptors (Lipinski definition) is 3. The van der Waals surface area contributed by atoms with Crippen LogP contribution in [0.5, 0.6) is 0 Å². The molecule has 0 bridgehead atoms. The predicted molar refractivity (Wildman–Crippen MR) is 97.1 cm³/mol. The Hall–Kier alpha value is -1.66. The second-order valence-corrected chi connectivity index (χ2v) is 7.02. The maximum Gasteiger partial charge on any atom is 0.314 e. The van der Waals surface area contributed by atoms with Crippen LogP contribution in [0.1, 0.15) is 18.1 Å². The van der Waals surface area contributed by atoms with E-state index >= 15 is 0 Å². The lowest BCUT2D eigenvalue weighted by Crippen LogP contribution is -2.46. The summed E-state index contributed by atoms with van der Waals surface area (Å²) in [6, 6.07) is 6.07. The summed E-state index contributed by atoms with van der Waals surface area (Å²) in [4.78, 5) is 15.0. The Morgan fingerprint density at radius 3 is 2.91 bits per heavy atom. The van der Waals surface area contributed by atoms with Crippen molar-refractivity contribution in [3.05, 3.63) is 35.5 Å². The van der Waals surface area contributed by atoms with E-state index in [2.05, 4.69) is 40.7 Å². The van der Waals surface area contributed by atoms with Gasteiger partial charge in [-0.05, 0) is 43.7 Å². The first-order chi connectivity index (χ1) is 10.9. The van der Waals surface area contributed by atoms with Crippen LogP contribution in [0.15, 0.2) is 24.4 Å². The molecule has 2 amide bonds. The van der Waals surface area contributed by atoms with Crippen molar-refractivity contribution in [1.29, 1.82) is 0 Å². The third-order valence-corrected chi connectivity index (χ3v) is 4.60. The van der Waals surface area contributed by atoms with Gasteiger partial charge in [0, 0.05) is 35.9 Å². The fourth-order valence-electron chi connectivity index (χ4n) is 2.51. The van der Waals surface area contributed by atoms with Gasteiger partial charge in [0.15, 0.2) is 0 Å². The highest BCUT2D eigenvalue weighted by Crippen LogP contribution is 2.19. The number of thioether (sulfide) groups is 1. The number of carbonyl (C=O) groups is 1. The molecule has 0 saturated carbocycles. The molecule has 1 heterocycles. The van der Waals surface area contributed by atoms with Gasteiger partial charge in [-0.3, -0.25) is 0 Å². The highest BCUT2D eigenvalue weighted by molar-refractivity contribution is 7.98. The van der Waals surface area contributed by atoms with Crippen molar-refractivity contribution < 1.29 is 9.90 Å². The van der Waals surface area contributed by atoms with Gasteiger partial charge < -0.3 is 20.7 Å². The van der Waals surface area contributed by atoms with E-state index < -0.39 is 5.60 Å². The van der Waals surface area contributed by atoms with Crippen molar-refractivity contribution >= 4 is 28.7 Å². The molecule has 0 aliphatic carbocycles. The Labute approximate surface area is 141 Å². The number of H-pyrrole nitrogens is 1. The number of aromatic nitrogens is 1. The smallest absolute Gasteiger partial charge is 0.314 e. The quantitative estimate of drug-likeness (QED) is 0.628. The van der Waals surface area contributed by atoms with Crippen LogP contribution in [0.3, 0.4) is 0 Å². The second kappa shape index (κ2) is 7.75. The average Bonchev–Trinajstić information content (AvgIpc) is 2.87. The Morgan fingerprint density at radius 1 is 1.39 bits per heavy atom. The van der Waals surface area contributed by atoms with E-state index in [-0.39, 0.29) is 12.6 Å². The largest absolute Gasteiger partial charge is 0.387 e. The van der Waals surface area contributed by atoms with Crippen LogP contribution in [0, 0.1) is 6.92 Å². The number of aliphatic hydroxyl groups is 1. The highest BCUT2D eigenvalue weighted by atomic mass is 32.2. The number of carbonyl (C=O) groups excluding carboxylic acids is 1. The molecule has 5 nitrogen and oxygen atoms in total. The van der Waals surface area contributed by atoms with Gasteiger partial charge in [0.25, 0.3) is 0 Å². The average molecular weight is 335 g/mol. The number of rotatable bonds is 7. The molecule has 0 spiro atoms. The lowest BCUT2D eigenvalue weighted by atomic mass is 10.1. The molecule has 4 N–H and O–H groups in total. The summed E-state index contributed by atoms with van der Waals surface area (Å²) >= 11 is 1.55. The SMILES string of the molecule is CSCC(C)(O)CNC(=O)NCCc1c[nH]c2cc(C)ccc12. The van der Waals surface area contributed by atoms with Crippen molar-refractivity contribution in [3.63, 3.8) is 0 Å². The Balaban J connectivity index is 1.79. The standard InChI is InChI=1S/C17H25N3O2S/c1-12-4-5-14-13(9-19-15(14)8-12)6-7-18-16(21)20-10-17(2,22)11-23-3/h4-5,8-9,19,22H,6-7,10-11H2,1-3H3,(H2,18,20,21). The van der Waals surface area contributed by atoms with Crippen LogP contribution in [-0.2, 0) is 6.42 Å². The van der Waals surface area contributed by atoms with Gasteiger partial charge in [-0.1, -0.05) is 12.1 Å². The number of aryl methyl sites for hydroxylation is 1. The first-order valence-electron chi connectivity index (χ1n) is 7.71. The molecule has 0 aliphatic rings. The minimum absolute atomic E-state index is 0.242. The molecule has 23 heavy (non-hydrogen) atoms. The number of urea groups is 1. The summed E-state index contributed by atoms with van der Waals surface area (Å²) in [5.41, 5.74) is 2.65. The topological polar surface area (TPSA) is 77.2 Å². The van der Waals surface area contributed by atoms with Gasteiger partial charge in [0.05, 0.1) is 5.60 Å². The summed E-state index contributed by atoms with van der Waals surface area (Å²) < 4.78 is 0. The number of aromatic amines is 1. The molecule has 0 fully saturated rings. The van der Waals surface area contributed by atoms with E-state index in [4.69, 9.17) is 0 Å². The zero-order chi connectivity index (χ0) is 16.9. The van der Waals surface area contributed by atoms with Gasteiger partial charge >= 0.3 is 6.03 Å². The first kappa shape index (κ1) is 17.7. The van der Waals surface area contributed by atoms with Gasteiger partial charge in [-0.25, -0.2) is 4.79 Å². The minimum atomic E-state index is -0.883. The van der Waals surface area contributed by atoms with Gasteiger partial charge in [0.1, 0.15) is 0 Å². The Kier molecular flexibility index (Phi) is 5.96. The molecule has 0 radical (unpaired) electrons. The zero-order valence-electron chi connectivity index (χ0n) is 13.9. The van der Waals surface area contributed by atoms with Crippen molar-refractivity contribution in [2.24, 2.45) is 0 Å². The zero-order valence-corrected chi connectivity index (χ0v) is 14.7. The van der Waals surface area contributed by atoms with Crippen molar-refractivity contribution in [1.82, 2.24) is 15.6 Å². The van der Waals surface area contributed by atoms with Gasteiger partial charge in [-0.15, -0.1) is 0 Å². The van der Waals surface area contributed by atoms with E-state index in [0.717, 1.165) is 11.9 Å². The third kappa shape index (κ3) is 5.18. The van der Waals surface area contributed by atoms with Crippen molar-refractivity contribution in [3.8, 4) is 0 Å². The number of benzene rings is 1. The molecule has 1 aromatic heterocycles. The maximum atomic E-state index is 11.8. The maximum absolute atomic E-state index is 11.8. The molecule has 2 rings (SSSR count). The first-order valence-corrected chi connectivity index (χ1v) is 9.10. The molecule has 0 aliphatic heterocycles. The normalized spacial score (nSPS) is 13.7. The second-order valence-electron chi connectivity index (χ2n) is 6.15. The molecule has 6 heteroatoms. The van der Waals surface area contributed by atoms with Crippen LogP contribution in [-0.4, -0.2) is 46.8 Å². The van der Waals surface area contributed by atoms with Gasteiger partial charge in [-0.2, -0.15) is 11.8 Å². The lowest BCUT2D eigenvalue weighted by molar-refractivity contribution is 0.0869.